The van der Waals surface area contributed by atoms with Crippen molar-refractivity contribution in [2.45, 2.75) is 26.3 Å². The summed E-state index contributed by atoms with van der Waals surface area (Å²) in [6, 6.07) is 13.6. The predicted octanol–water partition coefficient (Wildman–Crippen LogP) is 3.34. The fraction of sp³-hybridized carbons (Fsp3) is 0.417. The fourth-order valence-electron chi connectivity index (χ4n) is 3.07. The first kappa shape index (κ1) is 23.4. The first-order valence-corrected chi connectivity index (χ1v) is 10.4. The molecule has 6 heteroatoms. The maximum absolute atomic E-state index is 13.1. The highest BCUT2D eigenvalue weighted by Gasteiger charge is 2.20. The Morgan fingerprint density at radius 2 is 1.83 bits per heavy atom. The zero-order valence-electron chi connectivity index (χ0n) is 18.3. The molecule has 2 amide bonds. The van der Waals surface area contributed by atoms with Gasteiger partial charge in [0.1, 0.15) is 6.54 Å². The number of ether oxygens (including phenoxy) is 1. The molecule has 1 aromatic heterocycles. The third-order valence-electron chi connectivity index (χ3n) is 4.96. The van der Waals surface area contributed by atoms with E-state index < -0.39 is 0 Å². The lowest BCUT2D eigenvalue weighted by molar-refractivity contribution is -0.139. The third-order valence-corrected chi connectivity index (χ3v) is 4.96. The highest BCUT2D eigenvalue weighted by atomic mass is 16.5. The average Bonchev–Trinajstić information content (AvgIpc) is 3.17. The highest BCUT2D eigenvalue weighted by Crippen LogP contribution is 2.08. The fourth-order valence-corrected chi connectivity index (χ4v) is 3.07. The van der Waals surface area contributed by atoms with Gasteiger partial charge in [0.25, 0.3) is 0 Å². The van der Waals surface area contributed by atoms with Crippen molar-refractivity contribution in [2.24, 2.45) is 7.05 Å². The Kier molecular flexibility index (Phi) is 9.87. The number of aryl methyl sites for hydroxylation is 1. The van der Waals surface area contributed by atoms with E-state index in [0.717, 1.165) is 24.1 Å². The summed E-state index contributed by atoms with van der Waals surface area (Å²) >= 11 is 0. The van der Waals surface area contributed by atoms with Crippen molar-refractivity contribution in [2.75, 3.05) is 33.4 Å². The summed E-state index contributed by atoms with van der Waals surface area (Å²) in [5.41, 5.74) is 1.99. The molecule has 1 heterocycles. The Morgan fingerprint density at radius 3 is 2.47 bits per heavy atom. The van der Waals surface area contributed by atoms with Gasteiger partial charge >= 0.3 is 0 Å². The minimum atomic E-state index is -0.147. The lowest BCUT2D eigenvalue weighted by atomic mass is 10.2. The van der Waals surface area contributed by atoms with Crippen LogP contribution in [0, 0.1) is 0 Å². The third kappa shape index (κ3) is 7.52. The van der Waals surface area contributed by atoms with Gasteiger partial charge in [-0.15, -0.1) is 0 Å². The Bertz CT molecular complexity index is 814. The lowest BCUT2D eigenvalue weighted by Gasteiger charge is -2.27. The summed E-state index contributed by atoms with van der Waals surface area (Å²) in [7, 11) is 3.58. The van der Waals surface area contributed by atoms with Crippen LogP contribution in [0.25, 0.3) is 6.08 Å². The van der Waals surface area contributed by atoms with Crippen molar-refractivity contribution in [3.8, 4) is 0 Å². The van der Waals surface area contributed by atoms with Crippen LogP contribution in [0.3, 0.4) is 0 Å². The molecule has 30 heavy (non-hydrogen) atoms. The first-order chi connectivity index (χ1) is 14.5. The summed E-state index contributed by atoms with van der Waals surface area (Å²) in [4.78, 5) is 29.3. The molecule has 0 aliphatic carbocycles. The van der Waals surface area contributed by atoms with Crippen LogP contribution >= 0.6 is 0 Å². The number of aromatic nitrogens is 1. The van der Waals surface area contributed by atoms with Crippen molar-refractivity contribution in [1.29, 1.82) is 0 Å². The van der Waals surface area contributed by atoms with Gasteiger partial charge in [-0.2, -0.15) is 0 Å². The van der Waals surface area contributed by atoms with Gasteiger partial charge in [-0.1, -0.05) is 43.7 Å². The van der Waals surface area contributed by atoms with Gasteiger partial charge in [0.15, 0.2) is 0 Å². The van der Waals surface area contributed by atoms with Crippen LogP contribution in [0.15, 0.2) is 54.7 Å². The quantitative estimate of drug-likeness (QED) is 0.504. The van der Waals surface area contributed by atoms with Gasteiger partial charge in [-0.05, 0) is 30.2 Å². The number of hydrogen-bond acceptors (Lipinski definition) is 3. The van der Waals surface area contributed by atoms with Crippen LogP contribution < -0.4 is 0 Å². The van der Waals surface area contributed by atoms with Crippen molar-refractivity contribution < 1.29 is 14.3 Å². The van der Waals surface area contributed by atoms with Crippen LogP contribution in [0.1, 0.15) is 31.0 Å². The van der Waals surface area contributed by atoms with E-state index in [-0.39, 0.29) is 18.4 Å². The molecule has 0 spiro atoms. The van der Waals surface area contributed by atoms with Crippen LogP contribution in [0.5, 0.6) is 0 Å². The standard InChI is InChI=1S/C24H33N3O3/c1-4-5-16-26(23(28)14-13-21-10-7-6-8-11-21)20-24(29)27(17-18-30-3)19-22-12-9-15-25(22)2/h6-15H,4-5,16-20H2,1-3H3/b14-13+. The second kappa shape index (κ2) is 12.6. The van der Waals surface area contributed by atoms with Gasteiger partial charge in [0.05, 0.1) is 13.2 Å². The molecule has 0 N–H and O–H groups in total. The van der Waals surface area contributed by atoms with Gasteiger partial charge < -0.3 is 19.1 Å². The number of benzene rings is 1. The maximum atomic E-state index is 13.1. The van der Waals surface area contributed by atoms with E-state index in [1.807, 2.05) is 60.3 Å². The SMILES string of the molecule is CCCCN(CC(=O)N(CCOC)Cc1cccn1C)C(=O)/C=C/c1ccccc1. The molecule has 0 bridgehead atoms. The number of hydrogen-bond donors (Lipinski definition) is 0. The second-order valence-electron chi connectivity index (χ2n) is 7.28. The highest BCUT2D eigenvalue weighted by molar-refractivity contribution is 5.94. The number of carbonyl (C=O) groups is 2. The molecule has 0 fully saturated rings. The molecule has 0 unspecified atom stereocenters. The molecule has 0 aliphatic rings. The molecule has 6 nitrogen and oxygen atoms in total. The number of rotatable bonds is 12. The smallest absolute Gasteiger partial charge is 0.247 e. The maximum Gasteiger partial charge on any atom is 0.247 e. The summed E-state index contributed by atoms with van der Waals surface area (Å²) in [5, 5.41) is 0. The molecule has 0 aliphatic heterocycles. The molecular weight excluding hydrogens is 378 g/mol. The van der Waals surface area contributed by atoms with E-state index in [1.54, 1.807) is 29.1 Å². The average molecular weight is 412 g/mol. The van der Waals surface area contributed by atoms with E-state index >= 15 is 0 Å². The zero-order valence-corrected chi connectivity index (χ0v) is 18.3. The van der Waals surface area contributed by atoms with Gasteiger partial charge in [0, 0.05) is 45.2 Å². The van der Waals surface area contributed by atoms with Crippen molar-refractivity contribution >= 4 is 17.9 Å². The minimum absolute atomic E-state index is 0.0616. The Labute approximate surface area is 179 Å². The van der Waals surface area contributed by atoms with Crippen LogP contribution in [0.4, 0.5) is 0 Å². The number of unbranched alkanes of at least 4 members (excludes halogenated alkanes) is 1. The minimum Gasteiger partial charge on any atom is -0.383 e. The predicted molar refractivity (Wildman–Crippen MR) is 120 cm³/mol. The molecule has 0 radical (unpaired) electrons. The monoisotopic (exact) mass is 411 g/mol. The molecule has 1 aromatic carbocycles. The van der Waals surface area contributed by atoms with Gasteiger partial charge in [-0.3, -0.25) is 9.59 Å². The molecular formula is C24H33N3O3. The first-order valence-electron chi connectivity index (χ1n) is 10.4. The van der Waals surface area contributed by atoms with E-state index in [2.05, 4.69) is 6.92 Å². The summed E-state index contributed by atoms with van der Waals surface area (Å²) in [5.74, 6) is -0.225. The number of carbonyl (C=O) groups excluding carboxylic acids is 2. The topological polar surface area (TPSA) is 54.8 Å². The summed E-state index contributed by atoms with van der Waals surface area (Å²) in [6.07, 6.45) is 7.11. The largest absolute Gasteiger partial charge is 0.383 e. The molecule has 0 saturated carbocycles. The van der Waals surface area contributed by atoms with E-state index in [9.17, 15) is 9.59 Å². The Morgan fingerprint density at radius 1 is 1.07 bits per heavy atom. The zero-order chi connectivity index (χ0) is 21.8. The Hall–Kier alpha value is -2.86. The van der Waals surface area contributed by atoms with Crippen LogP contribution in [0.2, 0.25) is 0 Å². The molecule has 0 saturated heterocycles. The summed E-state index contributed by atoms with van der Waals surface area (Å²) in [6.45, 7) is 4.11. The number of amides is 2. The second-order valence-corrected chi connectivity index (χ2v) is 7.28. The molecule has 2 aromatic rings. The molecule has 0 atom stereocenters. The van der Waals surface area contributed by atoms with Crippen molar-refractivity contribution in [3.05, 3.63) is 66.0 Å². The van der Waals surface area contributed by atoms with E-state index in [4.69, 9.17) is 4.74 Å². The van der Waals surface area contributed by atoms with Crippen LogP contribution in [-0.4, -0.2) is 59.5 Å². The van der Waals surface area contributed by atoms with E-state index in [0.29, 0.717) is 26.2 Å². The summed E-state index contributed by atoms with van der Waals surface area (Å²) < 4.78 is 7.18. The normalized spacial score (nSPS) is 11.0. The lowest BCUT2D eigenvalue weighted by Crippen LogP contribution is -2.43. The molecule has 2 rings (SSSR count). The number of nitrogens with zero attached hydrogens (tertiary/aromatic N) is 3. The molecule has 162 valence electrons. The van der Waals surface area contributed by atoms with Gasteiger partial charge in [0.2, 0.25) is 11.8 Å². The van der Waals surface area contributed by atoms with Crippen molar-refractivity contribution in [1.82, 2.24) is 14.4 Å². The van der Waals surface area contributed by atoms with Crippen LogP contribution in [-0.2, 0) is 27.9 Å². The van der Waals surface area contributed by atoms with Gasteiger partial charge in [-0.25, -0.2) is 0 Å². The van der Waals surface area contributed by atoms with E-state index in [1.165, 1.54) is 0 Å². The van der Waals surface area contributed by atoms with Crippen molar-refractivity contribution in [3.63, 3.8) is 0 Å². The number of methoxy groups -OCH3 is 1. The Balaban J connectivity index is 2.08.